The van der Waals surface area contributed by atoms with Gasteiger partial charge in [0, 0.05) is 10.4 Å². The summed E-state index contributed by atoms with van der Waals surface area (Å²) >= 11 is 5.88. The molecule has 70 valence electrons. The summed E-state index contributed by atoms with van der Waals surface area (Å²) in [5, 5.41) is 1.80. The third-order valence-electron chi connectivity index (χ3n) is 2.09. The molecule has 2 heteroatoms. The number of benzene rings is 1. The second-order valence-corrected chi connectivity index (χ2v) is 3.75. The van der Waals surface area contributed by atoms with E-state index in [0.717, 1.165) is 27.2 Å². The Labute approximate surface area is 88.0 Å². The number of nitrogens with zero attached hydrogens (tertiary/aromatic N) is 1. The quantitative estimate of drug-likeness (QED) is 0.685. The smallest absolute Gasteiger partial charge is 0.0710 e. The maximum absolute atomic E-state index is 5.88. The van der Waals surface area contributed by atoms with Crippen LogP contribution in [-0.4, -0.2) is 4.98 Å². The second-order valence-electron chi connectivity index (χ2n) is 3.31. The first-order valence-electron chi connectivity index (χ1n) is 4.39. The molecule has 2 rings (SSSR count). The van der Waals surface area contributed by atoms with Crippen LogP contribution in [0.1, 0.15) is 12.6 Å². The van der Waals surface area contributed by atoms with Gasteiger partial charge < -0.3 is 0 Å². The Bertz CT molecular complexity index is 503. The van der Waals surface area contributed by atoms with Gasteiger partial charge in [-0.25, -0.2) is 4.98 Å². The van der Waals surface area contributed by atoms with E-state index in [-0.39, 0.29) is 0 Å². The standard InChI is InChI=1S/C12H10ClN/c1-8(2)11-5-3-9-7-10(13)4-6-12(9)14-11/h3-7H,1H2,2H3. The van der Waals surface area contributed by atoms with Gasteiger partial charge in [0.15, 0.2) is 0 Å². The molecular formula is C12H10ClN. The van der Waals surface area contributed by atoms with Crippen molar-refractivity contribution in [1.82, 2.24) is 4.98 Å². The lowest BCUT2D eigenvalue weighted by molar-refractivity contribution is 1.34. The molecule has 0 aliphatic carbocycles. The summed E-state index contributed by atoms with van der Waals surface area (Å²) in [6.07, 6.45) is 0. The largest absolute Gasteiger partial charge is 0.248 e. The molecule has 2 aromatic rings. The summed E-state index contributed by atoms with van der Waals surface area (Å²) in [5.41, 5.74) is 2.86. The summed E-state index contributed by atoms with van der Waals surface area (Å²) < 4.78 is 0. The fraction of sp³-hybridized carbons (Fsp3) is 0.0833. The average Bonchev–Trinajstić information content (AvgIpc) is 2.16. The van der Waals surface area contributed by atoms with Crippen molar-refractivity contribution in [3.8, 4) is 0 Å². The minimum absolute atomic E-state index is 0.738. The van der Waals surface area contributed by atoms with Crippen molar-refractivity contribution in [2.24, 2.45) is 0 Å². The van der Waals surface area contributed by atoms with Crippen LogP contribution < -0.4 is 0 Å². The van der Waals surface area contributed by atoms with Crippen molar-refractivity contribution < 1.29 is 0 Å². The van der Waals surface area contributed by atoms with Crippen LogP contribution in [0.25, 0.3) is 16.5 Å². The van der Waals surface area contributed by atoms with Crippen LogP contribution in [-0.2, 0) is 0 Å². The van der Waals surface area contributed by atoms with E-state index in [0.29, 0.717) is 0 Å². The monoisotopic (exact) mass is 203 g/mol. The number of fused-ring (bicyclic) bond motifs is 1. The maximum atomic E-state index is 5.88. The number of pyridine rings is 1. The first-order valence-corrected chi connectivity index (χ1v) is 4.77. The molecule has 1 aromatic heterocycles. The molecule has 0 saturated heterocycles. The van der Waals surface area contributed by atoms with E-state index in [2.05, 4.69) is 11.6 Å². The number of rotatable bonds is 1. The van der Waals surface area contributed by atoms with Gasteiger partial charge in [0.2, 0.25) is 0 Å². The highest BCUT2D eigenvalue weighted by Gasteiger charge is 1.99. The molecule has 0 spiro atoms. The molecule has 0 bridgehead atoms. The fourth-order valence-corrected chi connectivity index (χ4v) is 1.51. The molecule has 0 N–H and O–H groups in total. The van der Waals surface area contributed by atoms with Gasteiger partial charge in [0.1, 0.15) is 0 Å². The van der Waals surface area contributed by atoms with Crippen LogP contribution in [0.4, 0.5) is 0 Å². The minimum atomic E-state index is 0.738. The number of aromatic nitrogens is 1. The lowest BCUT2D eigenvalue weighted by Gasteiger charge is -2.01. The van der Waals surface area contributed by atoms with Crippen molar-refractivity contribution in [3.63, 3.8) is 0 Å². The molecule has 0 atom stereocenters. The maximum Gasteiger partial charge on any atom is 0.0710 e. The minimum Gasteiger partial charge on any atom is -0.248 e. The van der Waals surface area contributed by atoms with E-state index in [1.54, 1.807) is 0 Å². The predicted octanol–water partition coefficient (Wildman–Crippen LogP) is 3.92. The van der Waals surface area contributed by atoms with Crippen LogP contribution >= 0.6 is 11.6 Å². The lowest BCUT2D eigenvalue weighted by atomic mass is 10.1. The van der Waals surface area contributed by atoms with Crippen molar-refractivity contribution in [2.75, 3.05) is 0 Å². The summed E-state index contributed by atoms with van der Waals surface area (Å²) in [7, 11) is 0. The van der Waals surface area contributed by atoms with E-state index in [1.807, 2.05) is 37.3 Å². The molecule has 0 amide bonds. The molecule has 1 heterocycles. The number of allylic oxidation sites excluding steroid dienone is 1. The molecule has 0 aliphatic rings. The SMILES string of the molecule is C=C(C)c1ccc2cc(Cl)ccc2n1. The Kier molecular flexibility index (Phi) is 2.26. The Morgan fingerprint density at radius 2 is 2.07 bits per heavy atom. The lowest BCUT2D eigenvalue weighted by Crippen LogP contribution is -1.85. The van der Waals surface area contributed by atoms with Gasteiger partial charge in [-0.1, -0.05) is 24.2 Å². The summed E-state index contributed by atoms with van der Waals surface area (Å²) in [6.45, 7) is 5.81. The third-order valence-corrected chi connectivity index (χ3v) is 2.32. The van der Waals surface area contributed by atoms with E-state index in [4.69, 9.17) is 11.6 Å². The summed E-state index contributed by atoms with van der Waals surface area (Å²) in [4.78, 5) is 4.46. The Hall–Kier alpha value is -1.34. The summed E-state index contributed by atoms with van der Waals surface area (Å²) in [6, 6.07) is 9.65. The van der Waals surface area contributed by atoms with Crippen LogP contribution in [0.3, 0.4) is 0 Å². The third kappa shape index (κ3) is 1.64. The van der Waals surface area contributed by atoms with E-state index >= 15 is 0 Å². The number of hydrogen-bond donors (Lipinski definition) is 0. The van der Waals surface area contributed by atoms with Gasteiger partial charge in [-0.05, 0) is 36.8 Å². The Morgan fingerprint density at radius 1 is 1.29 bits per heavy atom. The zero-order valence-electron chi connectivity index (χ0n) is 7.92. The van der Waals surface area contributed by atoms with Crippen molar-refractivity contribution >= 4 is 28.1 Å². The fourth-order valence-electron chi connectivity index (χ4n) is 1.33. The first kappa shape index (κ1) is 9.22. The zero-order valence-corrected chi connectivity index (χ0v) is 8.67. The van der Waals surface area contributed by atoms with Gasteiger partial charge in [-0.15, -0.1) is 0 Å². The van der Waals surface area contributed by atoms with Gasteiger partial charge in [-0.2, -0.15) is 0 Å². The molecule has 0 unspecified atom stereocenters. The molecule has 0 fully saturated rings. The van der Waals surface area contributed by atoms with E-state index in [1.165, 1.54) is 0 Å². The van der Waals surface area contributed by atoms with E-state index in [9.17, 15) is 0 Å². The van der Waals surface area contributed by atoms with Crippen LogP contribution in [0.15, 0.2) is 36.9 Å². The highest BCUT2D eigenvalue weighted by Crippen LogP contribution is 2.19. The predicted molar refractivity (Wildman–Crippen MR) is 61.5 cm³/mol. The Balaban J connectivity index is 2.67. The van der Waals surface area contributed by atoms with Gasteiger partial charge in [0.25, 0.3) is 0 Å². The van der Waals surface area contributed by atoms with Crippen LogP contribution in [0, 0.1) is 0 Å². The van der Waals surface area contributed by atoms with Crippen molar-refractivity contribution in [3.05, 3.63) is 47.6 Å². The normalized spacial score (nSPS) is 10.4. The molecule has 1 aromatic carbocycles. The van der Waals surface area contributed by atoms with Gasteiger partial charge in [0.05, 0.1) is 11.2 Å². The van der Waals surface area contributed by atoms with Crippen LogP contribution in [0.5, 0.6) is 0 Å². The molecule has 1 nitrogen and oxygen atoms in total. The topological polar surface area (TPSA) is 12.9 Å². The van der Waals surface area contributed by atoms with Crippen molar-refractivity contribution in [1.29, 1.82) is 0 Å². The van der Waals surface area contributed by atoms with Crippen LogP contribution in [0.2, 0.25) is 5.02 Å². The molecule has 0 radical (unpaired) electrons. The molecule has 14 heavy (non-hydrogen) atoms. The Morgan fingerprint density at radius 3 is 2.79 bits per heavy atom. The first-order chi connectivity index (χ1) is 6.66. The van der Waals surface area contributed by atoms with Gasteiger partial charge >= 0.3 is 0 Å². The molecule has 0 saturated carbocycles. The number of hydrogen-bond acceptors (Lipinski definition) is 1. The highest BCUT2D eigenvalue weighted by molar-refractivity contribution is 6.31. The highest BCUT2D eigenvalue weighted by atomic mass is 35.5. The zero-order chi connectivity index (χ0) is 10.1. The molecular weight excluding hydrogens is 194 g/mol. The second kappa shape index (κ2) is 3.43. The number of halogens is 1. The van der Waals surface area contributed by atoms with E-state index < -0.39 is 0 Å². The van der Waals surface area contributed by atoms with Crippen molar-refractivity contribution in [2.45, 2.75) is 6.92 Å². The summed E-state index contributed by atoms with van der Waals surface area (Å²) in [5.74, 6) is 0. The van der Waals surface area contributed by atoms with Gasteiger partial charge in [-0.3, -0.25) is 0 Å². The molecule has 0 aliphatic heterocycles. The average molecular weight is 204 g/mol.